The van der Waals surface area contributed by atoms with Gasteiger partial charge in [-0.15, -0.1) is 0 Å². The number of pyridine rings is 1. The highest BCUT2D eigenvalue weighted by Crippen LogP contribution is 2.29. The Kier molecular flexibility index (Phi) is 5.25. The number of nitrogens with zero attached hydrogens (tertiary/aromatic N) is 1. The van der Waals surface area contributed by atoms with Gasteiger partial charge in [-0.25, -0.2) is 4.39 Å². The third-order valence-corrected chi connectivity index (χ3v) is 3.12. The summed E-state index contributed by atoms with van der Waals surface area (Å²) in [7, 11) is 0. The maximum absolute atomic E-state index is 13.7. The first-order valence-corrected chi connectivity index (χ1v) is 7.25. The summed E-state index contributed by atoms with van der Waals surface area (Å²) < 4.78 is 32.8. The number of hydrogen-bond acceptors (Lipinski definition) is 3. The molecule has 21 heavy (non-hydrogen) atoms. The van der Waals surface area contributed by atoms with Crippen molar-refractivity contribution in [1.82, 2.24) is 10.3 Å². The maximum Gasteiger partial charge on any atom is 0.201 e. The lowest BCUT2D eigenvalue weighted by atomic mass is 10.3. The minimum absolute atomic E-state index is 0.171. The van der Waals surface area contributed by atoms with Crippen molar-refractivity contribution in [3.05, 3.63) is 52.3 Å². The molecule has 1 aromatic carbocycles. The number of nitrogens with one attached hydrogen (secondary N) is 1. The van der Waals surface area contributed by atoms with Crippen molar-refractivity contribution in [3.8, 4) is 11.5 Å². The van der Waals surface area contributed by atoms with Crippen molar-refractivity contribution < 1.29 is 13.5 Å². The van der Waals surface area contributed by atoms with E-state index in [9.17, 15) is 8.78 Å². The molecule has 0 saturated carbocycles. The van der Waals surface area contributed by atoms with Crippen molar-refractivity contribution in [2.45, 2.75) is 26.4 Å². The standard InChI is InChI=1S/C15H15BrF2N2O/c1-9(2)20-8-11-7-12(3-4-19-11)21-14-6-10(16)5-13(17)15(14)18/h3-7,9,20H,8H2,1-2H3. The minimum Gasteiger partial charge on any atom is -0.454 e. The molecule has 0 aliphatic carbocycles. The largest absolute Gasteiger partial charge is 0.454 e. The molecular weight excluding hydrogens is 342 g/mol. The fourth-order valence-electron chi connectivity index (χ4n) is 1.66. The van der Waals surface area contributed by atoms with E-state index in [1.807, 2.05) is 13.8 Å². The number of rotatable bonds is 5. The third kappa shape index (κ3) is 4.47. The second kappa shape index (κ2) is 6.95. The van der Waals surface area contributed by atoms with E-state index in [2.05, 4.69) is 26.2 Å². The van der Waals surface area contributed by atoms with Crippen LogP contribution >= 0.6 is 15.9 Å². The number of hydrogen-bond donors (Lipinski definition) is 1. The van der Waals surface area contributed by atoms with E-state index in [4.69, 9.17) is 4.74 Å². The van der Waals surface area contributed by atoms with Crippen LogP contribution in [0, 0.1) is 11.6 Å². The predicted octanol–water partition coefficient (Wildman–Crippen LogP) is 4.41. The lowest BCUT2D eigenvalue weighted by Gasteiger charge is -2.10. The van der Waals surface area contributed by atoms with Crippen molar-refractivity contribution in [2.24, 2.45) is 0 Å². The molecule has 0 aliphatic rings. The molecule has 0 fully saturated rings. The van der Waals surface area contributed by atoms with Crippen molar-refractivity contribution in [3.63, 3.8) is 0 Å². The van der Waals surface area contributed by atoms with Crippen LogP contribution in [0.15, 0.2) is 34.9 Å². The maximum atomic E-state index is 13.7. The van der Waals surface area contributed by atoms with E-state index in [1.165, 1.54) is 6.07 Å². The van der Waals surface area contributed by atoms with Gasteiger partial charge in [0.25, 0.3) is 0 Å². The molecule has 3 nitrogen and oxygen atoms in total. The Morgan fingerprint density at radius 3 is 2.76 bits per heavy atom. The van der Waals surface area contributed by atoms with Gasteiger partial charge in [-0.1, -0.05) is 29.8 Å². The molecular formula is C15H15BrF2N2O. The molecule has 1 N–H and O–H groups in total. The van der Waals surface area contributed by atoms with Gasteiger partial charge in [0.05, 0.1) is 5.69 Å². The smallest absolute Gasteiger partial charge is 0.201 e. The number of benzene rings is 1. The van der Waals surface area contributed by atoms with E-state index in [0.717, 1.165) is 11.8 Å². The molecule has 2 rings (SSSR count). The number of ether oxygens (including phenoxy) is 1. The summed E-state index contributed by atoms with van der Waals surface area (Å²) in [5, 5.41) is 3.22. The van der Waals surface area contributed by atoms with Gasteiger partial charge in [0.2, 0.25) is 5.82 Å². The highest BCUT2D eigenvalue weighted by atomic mass is 79.9. The molecule has 0 amide bonds. The van der Waals surface area contributed by atoms with Crippen LogP contribution in [0.2, 0.25) is 0 Å². The molecule has 0 bridgehead atoms. The van der Waals surface area contributed by atoms with Gasteiger partial charge in [0.1, 0.15) is 5.75 Å². The molecule has 0 saturated heterocycles. The van der Waals surface area contributed by atoms with Gasteiger partial charge in [-0.2, -0.15) is 4.39 Å². The summed E-state index contributed by atoms with van der Waals surface area (Å²) in [4.78, 5) is 4.19. The highest BCUT2D eigenvalue weighted by Gasteiger charge is 2.12. The first-order chi connectivity index (χ1) is 9.95. The van der Waals surface area contributed by atoms with Crippen molar-refractivity contribution in [1.29, 1.82) is 0 Å². The molecule has 0 radical (unpaired) electrons. The summed E-state index contributed by atoms with van der Waals surface area (Å²) >= 11 is 3.11. The Labute approximate surface area is 130 Å². The molecule has 0 spiro atoms. The molecule has 0 aliphatic heterocycles. The first kappa shape index (κ1) is 15.9. The average Bonchev–Trinajstić information content (AvgIpc) is 2.42. The van der Waals surface area contributed by atoms with Crippen LogP contribution in [-0.4, -0.2) is 11.0 Å². The van der Waals surface area contributed by atoms with Crippen LogP contribution in [0.4, 0.5) is 8.78 Å². The van der Waals surface area contributed by atoms with Crippen LogP contribution in [0.5, 0.6) is 11.5 Å². The van der Waals surface area contributed by atoms with Gasteiger partial charge < -0.3 is 10.1 Å². The summed E-state index contributed by atoms with van der Waals surface area (Å²) in [6, 6.07) is 6.04. The first-order valence-electron chi connectivity index (χ1n) is 6.46. The van der Waals surface area contributed by atoms with Crippen LogP contribution < -0.4 is 10.1 Å². The van der Waals surface area contributed by atoms with Crippen LogP contribution in [0.25, 0.3) is 0 Å². The zero-order valence-electron chi connectivity index (χ0n) is 11.7. The number of aromatic nitrogens is 1. The Morgan fingerprint density at radius 2 is 2.05 bits per heavy atom. The van der Waals surface area contributed by atoms with Crippen LogP contribution in [0.1, 0.15) is 19.5 Å². The molecule has 1 heterocycles. The molecule has 0 atom stereocenters. The third-order valence-electron chi connectivity index (χ3n) is 2.67. The monoisotopic (exact) mass is 356 g/mol. The van der Waals surface area contributed by atoms with Gasteiger partial charge >= 0.3 is 0 Å². The fraction of sp³-hybridized carbons (Fsp3) is 0.267. The molecule has 0 unspecified atom stereocenters. The molecule has 112 valence electrons. The Bertz CT molecular complexity index is 635. The van der Waals surface area contributed by atoms with Crippen LogP contribution in [-0.2, 0) is 6.54 Å². The quantitative estimate of drug-likeness (QED) is 0.805. The van der Waals surface area contributed by atoms with E-state index in [-0.39, 0.29) is 5.75 Å². The minimum atomic E-state index is -1.02. The fourth-order valence-corrected chi connectivity index (χ4v) is 2.07. The van der Waals surface area contributed by atoms with E-state index in [1.54, 1.807) is 18.3 Å². The van der Waals surface area contributed by atoms with Crippen LogP contribution in [0.3, 0.4) is 0 Å². The Balaban J connectivity index is 2.18. The molecule has 6 heteroatoms. The summed E-state index contributed by atoms with van der Waals surface area (Å²) in [5.41, 5.74) is 0.761. The Hall–Kier alpha value is -1.53. The van der Waals surface area contributed by atoms with E-state index in [0.29, 0.717) is 22.8 Å². The molecule has 1 aromatic heterocycles. The topological polar surface area (TPSA) is 34.1 Å². The summed E-state index contributed by atoms with van der Waals surface area (Å²) in [6.45, 7) is 4.63. The lowest BCUT2D eigenvalue weighted by molar-refractivity contribution is 0.414. The number of halogens is 3. The highest BCUT2D eigenvalue weighted by molar-refractivity contribution is 9.10. The lowest BCUT2D eigenvalue weighted by Crippen LogP contribution is -2.22. The van der Waals surface area contributed by atoms with Crippen molar-refractivity contribution >= 4 is 15.9 Å². The average molecular weight is 357 g/mol. The van der Waals surface area contributed by atoms with Gasteiger partial charge in [-0.05, 0) is 18.2 Å². The van der Waals surface area contributed by atoms with Crippen molar-refractivity contribution in [2.75, 3.05) is 0 Å². The molecule has 2 aromatic rings. The Morgan fingerprint density at radius 1 is 1.29 bits per heavy atom. The van der Waals surface area contributed by atoms with Gasteiger partial charge in [0, 0.05) is 29.3 Å². The van der Waals surface area contributed by atoms with E-state index >= 15 is 0 Å². The zero-order chi connectivity index (χ0) is 15.4. The van der Waals surface area contributed by atoms with Gasteiger partial charge in [0.15, 0.2) is 11.6 Å². The summed E-state index contributed by atoms with van der Waals surface area (Å²) in [5.74, 6) is -1.75. The predicted molar refractivity (Wildman–Crippen MR) is 80.3 cm³/mol. The van der Waals surface area contributed by atoms with Gasteiger partial charge in [-0.3, -0.25) is 4.98 Å². The second-order valence-electron chi connectivity index (χ2n) is 4.82. The zero-order valence-corrected chi connectivity index (χ0v) is 13.2. The normalized spacial score (nSPS) is 11.0. The summed E-state index contributed by atoms with van der Waals surface area (Å²) in [6.07, 6.45) is 1.57. The van der Waals surface area contributed by atoms with E-state index < -0.39 is 11.6 Å². The second-order valence-corrected chi connectivity index (χ2v) is 5.74. The SMILES string of the molecule is CC(C)NCc1cc(Oc2cc(Br)cc(F)c2F)ccn1.